The summed E-state index contributed by atoms with van der Waals surface area (Å²) in [6.45, 7) is 4.60. The van der Waals surface area contributed by atoms with Crippen LogP contribution in [0.15, 0.2) is 31.0 Å². The lowest BCUT2D eigenvalue weighted by molar-refractivity contribution is -0.143. The van der Waals surface area contributed by atoms with Crippen molar-refractivity contribution in [3.63, 3.8) is 0 Å². The largest absolute Gasteiger partial charge is 0.487 e. The van der Waals surface area contributed by atoms with Crippen molar-refractivity contribution in [2.75, 3.05) is 19.7 Å². The number of hydrogen-bond acceptors (Lipinski definition) is 4. The van der Waals surface area contributed by atoms with Gasteiger partial charge in [-0.05, 0) is 25.0 Å². The van der Waals surface area contributed by atoms with Crippen molar-refractivity contribution in [2.45, 2.75) is 12.8 Å². The third kappa shape index (κ3) is 3.59. The van der Waals surface area contributed by atoms with Crippen molar-refractivity contribution in [3.05, 3.63) is 36.7 Å². The highest BCUT2D eigenvalue weighted by Gasteiger charge is 2.30. The Balaban J connectivity index is 2.15. The van der Waals surface area contributed by atoms with E-state index in [0.717, 1.165) is 0 Å². The molecule has 0 saturated carbocycles. The molecule has 1 saturated heterocycles. The number of aliphatic carboxylic acids is 1. The molecule has 112 valence electrons. The van der Waals surface area contributed by atoms with E-state index in [1.54, 1.807) is 18.2 Å². The third-order valence-electron chi connectivity index (χ3n) is 3.39. The lowest BCUT2D eigenvalue weighted by Crippen LogP contribution is -2.42. The Bertz CT molecular complexity index is 544. The van der Waals surface area contributed by atoms with Gasteiger partial charge in [0.1, 0.15) is 6.61 Å². The summed E-state index contributed by atoms with van der Waals surface area (Å²) < 4.78 is 5.43. The predicted molar refractivity (Wildman–Crippen MR) is 76.2 cm³/mol. The molecule has 1 aromatic rings. The van der Waals surface area contributed by atoms with E-state index in [1.807, 2.05) is 0 Å². The molecule has 1 aliphatic heterocycles. The van der Waals surface area contributed by atoms with Crippen molar-refractivity contribution < 1.29 is 19.4 Å². The minimum absolute atomic E-state index is 0.213. The minimum Gasteiger partial charge on any atom is -0.487 e. The molecule has 1 fully saturated rings. The fourth-order valence-electron chi connectivity index (χ4n) is 2.33. The summed E-state index contributed by atoms with van der Waals surface area (Å²) in [5.41, 5.74) is 0.213. The van der Waals surface area contributed by atoms with Gasteiger partial charge < -0.3 is 14.7 Å². The second-order valence-electron chi connectivity index (χ2n) is 4.88. The van der Waals surface area contributed by atoms with Crippen molar-refractivity contribution in [1.29, 1.82) is 0 Å². The van der Waals surface area contributed by atoms with Crippen LogP contribution in [-0.2, 0) is 4.79 Å². The van der Waals surface area contributed by atoms with E-state index >= 15 is 0 Å². The third-order valence-corrected chi connectivity index (χ3v) is 3.39. The van der Waals surface area contributed by atoms with Gasteiger partial charge in [-0.3, -0.25) is 9.59 Å². The standard InChI is InChI=1S/C15H18N2O4/c1-2-9-21-12-6-3-7-16-13(12)14(18)17-8-4-5-11(10-17)15(19)20/h2-3,6-7,11H,1,4-5,8-10H2,(H,19,20). The molecular weight excluding hydrogens is 272 g/mol. The molecule has 6 heteroatoms. The molecule has 0 aromatic carbocycles. The average molecular weight is 290 g/mol. The summed E-state index contributed by atoms with van der Waals surface area (Å²) in [6.07, 6.45) is 4.38. The van der Waals surface area contributed by atoms with Gasteiger partial charge in [0.05, 0.1) is 5.92 Å². The van der Waals surface area contributed by atoms with Gasteiger partial charge in [0, 0.05) is 19.3 Å². The zero-order chi connectivity index (χ0) is 15.2. The first-order valence-electron chi connectivity index (χ1n) is 6.84. The van der Waals surface area contributed by atoms with Crippen LogP contribution in [0.5, 0.6) is 5.75 Å². The molecule has 0 bridgehead atoms. The van der Waals surface area contributed by atoms with E-state index in [9.17, 15) is 9.59 Å². The lowest BCUT2D eigenvalue weighted by Gasteiger charge is -2.30. The van der Waals surface area contributed by atoms with Gasteiger partial charge in [-0.15, -0.1) is 0 Å². The Morgan fingerprint density at radius 2 is 2.38 bits per heavy atom. The van der Waals surface area contributed by atoms with Crippen LogP contribution in [0.2, 0.25) is 0 Å². The van der Waals surface area contributed by atoms with Crippen LogP contribution < -0.4 is 4.74 Å². The number of rotatable bonds is 5. The van der Waals surface area contributed by atoms with E-state index in [4.69, 9.17) is 9.84 Å². The lowest BCUT2D eigenvalue weighted by atomic mass is 9.98. The Hall–Kier alpha value is -2.37. The number of ether oxygens (including phenoxy) is 1. The number of pyridine rings is 1. The summed E-state index contributed by atoms with van der Waals surface area (Å²) in [4.78, 5) is 29.2. The molecule has 2 heterocycles. The van der Waals surface area contributed by atoms with Gasteiger partial charge in [0.25, 0.3) is 5.91 Å². The number of carbonyl (C=O) groups is 2. The number of aromatic nitrogens is 1. The van der Waals surface area contributed by atoms with Crippen LogP contribution in [0.3, 0.4) is 0 Å². The summed E-state index contributed by atoms with van der Waals surface area (Å²) in [5.74, 6) is -1.28. The number of likely N-dealkylation sites (tertiary alicyclic amines) is 1. The van der Waals surface area contributed by atoms with Gasteiger partial charge in [0.15, 0.2) is 11.4 Å². The first-order valence-corrected chi connectivity index (χ1v) is 6.84. The van der Waals surface area contributed by atoms with Gasteiger partial charge in [0.2, 0.25) is 0 Å². The maximum Gasteiger partial charge on any atom is 0.308 e. The quantitative estimate of drug-likeness (QED) is 0.833. The SMILES string of the molecule is C=CCOc1cccnc1C(=O)N1CCCC(C(=O)O)C1. The van der Waals surface area contributed by atoms with Gasteiger partial charge in [-0.2, -0.15) is 0 Å². The highest BCUT2D eigenvalue weighted by Crippen LogP contribution is 2.22. The summed E-state index contributed by atoms with van der Waals surface area (Å²) >= 11 is 0. The average Bonchev–Trinajstić information content (AvgIpc) is 2.52. The highest BCUT2D eigenvalue weighted by atomic mass is 16.5. The zero-order valence-corrected chi connectivity index (χ0v) is 11.7. The molecular formula is C15H18N2O4. The van der Waals surface area contributed by atoms with Crippen molar-refractivity contribution in [2.24, 2.45) is 5.92 Å². The number of nitrogens with zero attached hydrogens (tertiary/aromatic N) is 2. The number of carboxylic acids is 1. The summed E-state index contributed by atoms with van der Waals surface area (Å²) in [6, 6.07) is 3.35. The zero-order valence-electron chi connectivity index (χ0n) is 11.7. The second-order valence-corrected chi connectivity index (χ2v) is 4.88. The van der Waals surface area contributed by atoms with E-state index in [-0.39, 0.29) is 24.8 Å². The molecule has 1 aliphatic rings. The molecule has 0 radical (unpaired) electrons. The van der Waals surface area contributed by atoms with Gasteiger partial charge in [-0.1, -0.05) is 12.7 Å². The van der Waals surface area contributed by atoms with E-state index < -0.39 is 11.9 Å². The maximum atomic E-state index is 12.5. The van der Waals surface area contributed by atoms with Crippen LogP contribution in [0.25, 0.3) is 0 Å². The minimum atomic E-state index is -0.864. The van der Waals surface area contributed by atoms with E-state index in [2.05, 4.69) is 11.6 Å². The fraction of sp³-hybridized carbons (Fsp3) is 0.400. The second kappa shape index (κ2) is 6.88. The topological polar surface area (TPSA) is 79.7 Å². The molecule has 0 spiro atoms. The molecule has 2 rings (SSSR count). The Kier molecular flexibility index (Phi) is 4.92. The molecule has 6 nitrogen and oxygen atoms in total. The van der Waals surface area contributed by atoms with E-state index in [0.29, 0.717) is 25.1 Å². The van der Waals surface area contributed by atoms with Crippen LogP contribution >= 0.6 is 0 Å². The maximum absolute atomic E-state index is 12.5. The Labute approximate surface area is 123 Å². The van der Waals surface area contributed by atoms with Crippen molar-refractivity contribution in [1.82, 2.24) is 9.88 Å². The van der Waals surface area contributed by atoms with Crippen LogP contribution in [0, 0.1) is 5.92 Å². The van der Waals surface area contributed by atoms with Crippen LogP contribution in [0.4, 0.5) is 0 Å². The molecule has 1 unspecified atom stereocenters. The van der Waals surface area contributed by atoms with Crippen molar-refractivity contribution >= 4 is 11.9 Å². The van der Waals surface area contributed by atoms with Gasteiger partial charge >= 0.3 is 5.97 Å². The molecule has 1 atom stereocenters. The smallest absolute Gasteiger partial charge is 0.308 e. The fourth-order valence-corrected chi connectivity index (χ4v) is 2.33. The van der Waals surface area contributed by atoms with Gasteiger partial charge in [-0.25, -0.2) is 4.98 Å². The van der Waals surface area contributed by atoms with Crippen LogP contribution in [-0.4, -0.2) is 46.6 Å². The predicted octanol–water partition coefficient (Wildman–Crippen LogP) is 1.58. The first-order chi connectivity index (χ1) is 10.1. The molecule has 1 aromatic heterocycles. The number of carbonyl (C=O) groups excluding carboxylic acids is 1. The number of hydrogen-bond donors (Lipinski definition) is 1. The van der Waals surface area contributed by atoms with Crippen LogP contribution in [0.1, 0.15) is 23.3 Å². The number of carboxylic acid groups (broad SMARTS) is 1. The molecule has 0 aliphatic carbocycles. The summed E-state index contributed by atoms with van der Waals surface area (Å²) in [5, 5.41) is 9.09. The first kappa shape index (κ1) is 15.0. The normalized spacial score (nSPS) is 18.1. The Morgan fingerprint density at radius 3 is 3.10 bits per heavy atom. The molecule has 1 amide bonds. The molecule has 21 heavy (non-hydrogen) atoms. The van der Waals surface area contributed by atoms with E-state index in [1.165, 1.54) is 11.1 Å². The highest BCUT2D eigenvalue weighted by molar-refractivity contribution is 5.95. The van der Waals surface area contributed by atoms with Crippen molar-refractivity contribution in [3.8, 4) is 5.75 Å². The number of piperidine rings is 1. The Morgan fingerprint density at radius 1 is 1.57 bits per heavy atom. The molecule has 1 N–H and O–H groups in total. The monoisotopic (exact) mass is 290 g/mol. The summed E-state index contributed by atoms with van der Waals surface area (Å²) in [7, 11) is 0. The number of amides is 1.